The van der Waals surface area contributed by atoms with E-state index < -0.39 is 22.9 Å². The van der Waals surface area contributed by atoms with E-state index in [0.717, 1.165) is 12.1 Å². The maximum absolute atomic E-state index is 12.9. The number of alkyl halides is 3. The lowest BCUT2D eigenvalue weighted by molar-refractivity contribution is -0.136. The van der Waals surface area contributed by atoms with Gasteiger partial charge in [0.05, 0.1) is 22.7 Å². The van der Waals surface area contributed by atoms with Crippen molar-refractivity contribution in [3.8, 4) is 11.7 Å². The molecular weight excluding hydrogens is 275 g/mol. The minimum absolute atomic E-state index is 0.0842. The van der Waals surface area contributed by atoms with Gasteiger partial charge in [0, 0.05) is 0 Å². The Kier molecular flexibility index (Phi) is 2.63. The summed E-state index contributed by atoms with van der Waals surface area (Å²) in [6.45, 7) is 0. The lowest BCUT2D eigenvalue weighted by Crippen LogP contribution is -2.10. The second kappa shape index (κ2) is 4.22. The molecule has 0 amide bonds. The maximum Gasteiger partial charge on any atom is 0.418 e. The van der Waals surface area contributed by atoms with Gasteiger partial charge in [0.2, 0.25) is 0 Å². The van der Waals surface area contributed by atoms with Gasteiger partial charge in [-0.1, -0.05) is 6.07 Å². The van der Waals surface area contributed by atoms with Crippen molar-refractivity contribution in [2.24, 2.45) is 0 Å². The summed E-state index contributed by atoms with van der Waals surface area (Å²) in [5.74, 6) is -0.204. The molecule has 0 saturated heterocycles. The zero-order valence-corrected chi connectivity index (χ0v) is 9.77. The van der Waals surface area contributed by atoms with E-state index in [-0.39, 0.29) is 17.0 Å². The van der Waals surface area contributed by atoms with Crippen molar-refractivity contribution >= 4 is 10.9 Å². The quantitative estimate of drug-likeness (QED) is 0.685. The Morgan fingerprint density at radius 1 is 1.10 bits per heavy atom. The minimum atomic E-state index is -4.61. The summed E-state index contributed by atoms with van der Waals surface area (Å²) in [5.41, 5.74) is -2.34. The summed E-state index contributed by atoms with van der Waals surface area (Å²) >= 11 is 0. The number of hydrogen-bond acceptors (Lipinski definition) is 4. The number of nitrogens with zero attached hydrogens (tertiary/aromatic N) is 1. The first-order valence-corrected chi connectivity index (χ1v) is 5.52. The van der Waals surface area contributed by atoms with Crippen LogP contribution in [0.5, 0.6) is 0 Å². The van der Waals surface area contributed by atoms with Gasteiger partial charge in [-0.15, -0.1) is 0 Å². The molecule has 0 radical (unpaired) electrons. The third-order valence-corrected chi connectivity index (χ3v) is 2.70. The summed E-state index contributed by atoms with van der Waals surface area (Å²) < 4.78 is 48.6. The Balaban J connectivity index is 2.37. The minimum Gasteiger partial charge on any atom is -0.459 e. The molecular formula is C13H6F3NO3. The topological polar surface area (TPSA) is 56.2 Å². The second-order valence-electron chi connectivity index (χ2n) is 3.98. The molecule has 0 fully saturated rings. The lowest BCUT2D eigenvalue weighted by Gasteiger charge is -2.09. The Morgan fingerprint density at radius 3 is 2.55 bits per heavy atom. The first-order valence-electron chi connectivity index (χ1n) is 5.52. The molecule has 3 aromatic rings. The highest BCUT2D eigenvalue weighted by Crippen LogP contribution is 2.33. The van der Waals surface area contributed by atoms with Crippen LogP contribution in [0.1, 0.15) is 5.56 Å². The van der Waals surface area contributed by atoms with Crippen LogP contribution in [0.2, 0.25) is 0 Å². The molecule has 0 aliphatic heterocycles. The van der Waals surface area contributed by atoms with E-state index in [1.165, 1.54) is 24.5 Å². The number of rotatable bonds is 1. The Morgan fingerprint density at radius 2 is 1.90 bits per heavy atom. The Labute approximate surface area is 109 Å². The fraction of sp³-hybridized carbons (Fsp3) is 0.0769. The van der Waals surface area contributed by atoms with E-state index in [4.69, 9.17) is 8.83 Å². The molecule has 0 N–H and O–H groups in total. The van der Waals surface area contributed by atoms with E-state index in [9.17, 15) is 18.0 Å². The predicted molar refractivity (Wildman–Crippen MR) is 63.0 cm³/mol. The highest BCUT2D eigenvalue weighted by Gasteiger charge is 2.34. The highest BCUT2D eigenvalue weighted by molar-refractivity contribution is 5.82. The van der Waals surface area contributed by atoms with Crippen LogP contribution in [0.4, 0.5) is 13.2 Å². The van der Waals surface area contributed by atoms with Crippen LogP contribution < -0.4 is 5.63 Å². The smallest absolute Gasteiger partial charge is 0.418 e. The number of fused-ring (bicyclic) bond motifs is 1. The molecule has 0 aliphatic rings. The number of benzene rings is 1. The SMILES string of the molecule is O=c1oc(-c2ccco2)nc2c(C(F)(F)F)cccc12. The normalized spacial score (nSPS) is 11.9. The molecule has 1 aromatic carbocycles. The van der Waals surface area contributed by atoms with Crippen LogP contribution in [0.25, 0.3) is 22.6 Å². The van der Waals surface area contributed by atoms with Crippen molar-refractivity contribution in [2.75, 3.05) is 0 Å². The van der Waals surface area contributed by atoms with Crippen molar-refractivity contribution in [1.29, 1.82) is 0 Å². The molecule has 0 unspecified atom stereocenters. The molecule has 102 valence electrons. The van der Waals surface area contributed by atoms with Gasteiger partial charge in [-0.05, 0) is 24.3 Å². The number of halogens is 3. The number of para-hydroxylation sites is 1. The highest BCUT2D eigenvalue weighted by atomic mass is 19.4. The standard InChI is InChI=1S/C13H6F3NO3/c14-13(15,16)8-4-1-3-7-10(8)17-11(20-12(7)18)9-5-2-6-19-9/h1-6H. The van der Waals surface area contributed by atoms with Crippen LogP contribution in [-0.4, -0.2) is 4.98 Å². The van der Waals surface area contributed by atoms with E-state index in [1.807, 2.05) is 0 Å². The van der Waals surface area contributed by atoms with E-state index in [1.54, 1.807) is 0 Å². The molecule has 7 heteroatoms. The zero-order valence-electron chi connectivity index (χ0n) is 9.77. The maximum atomic E-state index is 12.9. The van der Waals surface area contributed by atoms with E-state index in [2.05, 4.69) is 4.98 Å². The average molecular weight is 281 g/mol. The van der Waals surface area contributed by atoms with Gasteiger partial charge in [0.25, 0.3) is 5.89 Å². The Hall–Kier alpha value is -2.57. The molecule has 0 aliphatic carbocycles. The number of hydrogen-bond donors (Lipinski definition) is 0. The largest absolute Gasteiger partial charge is 0.459 e. The fourth-order valence-electron chi connectivity index (χ4n) is 1.83. The molecule has 0 atom stereocenters. The van der Waals surface area contributed by atoms with Crippen LogP contribution in [0.15, 0.2) is 50.2 Å². The van der Waals surface area contributed by atoms with E-state index >= 15 is 0 Å². The van der Waals surface area contributed by atoms with Gasteiger partial charge in [-0.3, -0.25) is 0 Å². The van der Waals surface area contributed by atoms with Gasteiger partial charge in [-0.25, -0.2) is 9.78 Å². The predicted octanol–water partition coefficient (Wildman–Crippen LogP) is 3.47. The zero-order chi connectivity index (χ0) is 14.3. The van der Waals surface area contributed by atoms with Gasteiger partial charge in [0.1, 0.15) is 0 Å². The van der Waals surface area contributed by atoms with Gasteiger partial charge < -0.3 is 8.83 Å². The van der Waals surface area contributed by atoms with Crippen LogP contribution in [0.3, 0.4) is 0 Å². The molecule has 0 saturated carbocycles. The summed E-state index contributed by atoms with van der Waals surface area (Å²) in [7, 11) is 0. The van der Waals surface area contributed by atoms with Gasteiger partial charge in [0.15, 0.2) is 5.76 Å². The second-order valence-corrected chi connectivity index (χ2v) is 3.98. The van der Waals surface area contributed by atoms with Gasteiger partial charge in [-0.2, -0.15) is 13.2 Å². The molecule has 3 rings (SSSR count). The van der Waals surface area contributed by atoms with Crippen molar-refractivity contribution in [2.45, 2.75) is 6.18 Å². The molecule has 2 heterocycles. The van der Waals surface area contributed by atoms with E-state index in [0.29, 0.717) is 0 Å². The first kappa shape index (κ1) is 12.5. The van der Waals surface area contributed by atoms with Crippen molar-refractivity contribution in [3.05, 3.63) is 52.6 Å². The summed E-state index contributed by atoms with van der Waals surface area (Å²) in [5, 5.41) is -0.227. The summed E-state index contributed by atoms with van der Waals surface area (Å²) in [6.07, 6.45) is -3.31. The fourth-order valence-corrected chi connectivity index (χ4v) is 1.83. The molecule has 4 nitrogen and oxygen atoms in total. The Bertz CT molecular complexity index is 819. The number of aromatic nitrogens is 1. The summed E-state index contributed by atoms with van der Waals surface area (Å²) in [4.78, 5) is 15.5. The van der Waals surface area contributed by atoms with Crippen molar-refractivity contribution in [3.63, 3.8) is 0 Å². The third kappa shape index (κ3) is 1.97. The van der Waals surface area contributed by atoms with Crippen molar-refractivity contribution < 1.29 is 22.0 Å². The lowest BCUT2D eigenvalue weighted by atomic mass is 10.1. The van der Waals surface area contributed by atoms with Crippen molar-refractivity contribution in [1.82, 2.24) is 4.98 Å². The monoisotopic (exact) mass is 281 g/mol. The van der Waals surface area contributed by atoms with Crippen LogP contribution in [0, 0.1) is 0 Å². The molecule has 0 bridgehead atoms. The van der Waals surface area contributed by atoms with Gasteiger partial charge >= 0.3 is 11.8 Å². The van der Waals surface area contributed by atoms with Crippen LogP contribution >= 0.6 is 0 Å². The summed E-state index contributed by atoms with van der Waals surface area (Å²) in [6, 6.07) is 6.18. The first-order chi connectivity index (χ1) is 9.47. The number of furan rings is 1. The van der Waals surface area contributed by atoms with Crippen LogP contribution in [-0.2, 0) is 6.18 Å². The molecule has 2 aromatic heterocycles. The molecule has 20 heavy (non-hydrogen) atoms. The third-order valence-electron chi connectivity index (χ3n) is 2.70. The molecule has 0 spiro atoms. The average Bonchev–Trinajstić information content (AvgIpc) is 2.90.